The molecule has 0 spiro atoms. The van der Waals surface area contributed by atoms with Gasteiger partial charge in [-0.1, -0.05) is 19.9 Å². The number of carboxylic acid groups (broad SMARTS) is 2. The van der Waals surface area contributed by atoms with Crippen LogP contribution in [0.4, 0.5) is 0 Å². The van der Waals surface area contributed by atoms with Gasteiger partial charge < -0.3 is 24.3 Å². The molecule has 156 valence electrons. The van der Waals surface area contributed by atoms with Crippen LogP contribution in [0.25, 0.3) is 0 Å². The average Bonchev–Trinajstić information content (AvgIpc) is 3.28. The zero-order chi connectivity index (χ0) is 21.0. The van der Waals surface area contributed by atoms with Crippen LogP contribution in [0, 0.1) is 5.92 Å². The van der Waals surface area contributed by atoms with E-state index in [1.807, 2.05) is 36.6 Å². The van der Waals surface area contributed by atoms with Gasteiger partial charge in [-0.2, -0.15) is 0 Å². The molecule has 2 atom stereocenters. The maximum absolute atomic E-state index is 11.8. The number of fused-ring (bicyclic) bond motifs is 1. The number of aliphatic carboxylic acids is 2. The van der Waals surface area contributed by atoms with Gasteiger partial charge in [-0.25, -0.2) is 4.98 Å². The maximum Gasteiger partial charge on any atom is 0.321 e. The van der Waals surface area contributed by atoms with Gasteiger partial charge in [-0.15, -0.1) is 0 Å². The number of nitrogens with zero attached hydrogens (tertiary/aromatic N) is 2. The Hall–Kier alpha value is -3.07. The van der Waals surface area contributed by atoms with Crippen LogP contribution in [0.3, 0.4) is 0 Å². The van der Waals surface area contributed by atoms with Gasteiger partial charge in [0.25, 0.3) is 0 Å². The summed E-state index contributed by atoms with van der Waals surface area (Å²) in [6.07, 6.45) is 3.68. The smallest absolute Gasteiger partial charge is 0.321 e. The molecule has 0 bridgehead atoms. The molecule has 2 heterocycles. The first-order valence-corrected chi connectivity index (χ1v) is 9.42. The Morgan fingerprint density at radius 3 is 2.59 bits per heavy atom. The molecule has 1 aliphatic heterocycles. The second-order valence-corrected chi connectivity index (χ2v) is 7.48. The molecule has 3 N–H and O–H groups in total. The van der Waals surface area contributed by atoms with E-state index in [4.69, 9.17) is 9.47 Å². The molecule has 9 heteroatoms. The van der Waals surface area contributed by atoms with Crippen molar-refractivity contribution >= 4 is 11.9 Å². The van der Waals surface area contributed by atoms with Gasteiger partial charge in [0, 0.05) is 24.9 Å². The van der Waals surface area contributed by atoms with Crippen LogP contribution in [0.15, 0.2) is 30.7 Å². The number of carboxylic acids is 2. The number of hydrogen-bond acceptors (Lipinski definition) is 6. The summed E-state index contributed by atoms with van der Waals surface area (Å²) in [6.45, 7) is 4.47. The Labute approximate surface area is 168 Å². The van der Waals surface area contributed by atoms with Crippen molar-refractivity contribution in [1.29, 1.82) is 0 Å². The molecular weight excluding hydrogens is 378 g/mol. The van der Waals surface area contributed by atoms with E-state index in [0.29, 0.717) is 30.2 Å². The molecule has 0 unspecified atom stereocenters. The van der Waals surface area contributed by atoms with Gasteiger partial charge in [-0.3, -0.25) is 14.9 Å². The van der Waals surface area contributed by atoms with Crippen molar-refractivity contribution in [3.05, 3.63) is 42.0 Å². The second kappa shape index (κ2) is 8.95. The van der Waals surface area contributed by atoms with E-state index in [-0.39, 0.29) is 19.1 Å². The summed E-state index contributed by atoms with van der Waals surface area (Å²) < 4.78 is 12.5. The van der Waals surface area contributed by atoms with E-state index in [1.165, 1.54) is 0 Å². The average molecular weight is 403 g/mol. The fourth-order valence-electron chi connectivity index (χ4n) is 3.28. The third-order valence-electron chi connectivity index (χ3n) is 4.71. The highest BCUT2D eigenvalue weighted by atomic mass is 16.7. The molecule has 29 heavy (non-hydrogen) atoms. The van der Waals surface area contributed by atoms with Crippen molar-refractivity contribution in [2.45, 2.75) is 45.3 Å². The minimum absolute atomic E-state index is 0.113. The zero-order valence-corrected chi connectivity index (χ0v) is 16.4. The first-order chi connectivity index (χ1) is 13.8. The van der Waals surface area contributed by atoms with E-state index in [2.05, 4.69) is 10.3 Å². The van der Waals surface area contributed by atoms with Crippen molar-refractivity contribution in [1.82, 2.24) is 14.9 Å². The number of aromatic nitrogens is 2. The predicted molar refractivity (Wildman–Crippen MR) is 103 cm³/mol. The summed E-state index contributed by atoms with van der Waals surface area (Å²) in [4.78, 5) is 27.4. The minimum Gasteiger partial charge on any atom is -0.480 e. The molecule has 1 aromatic heterocycles. The Morgan fingerprint density at radius 2 is 1.90 bits per heavy atom. The van der Waals surface area contributed by atoms with E-state index >= 15 is 0 Å². The van der Waals surface area contributed by atoms with E-state index in [0.717, 1.165) is 5.56 Å². The van der Waals surface area contributed by atoms with Crippen LogP contribution in [0.5, 0.6) is 11.5 Å². The van der Waals surface area contributed by atoms with Crippen LogP contribution in [-0.4, -0.2) is 50.6 Å². The fraction of sp³-hybridized carbons (Fsp3) is 0.450. The Morgan fingerprint density at radius 1 is 1.17 bits per heavy atom. The van der Waals surface area contributed by atoms with Crippen molar-refractivity contribution < 1.29 is 29.3 Å². The molecule has 0 aliphatic carbocycles. The monoisotopic (exact) mass is 403 g/mol. The molecule has 0 saturated heterocycles. The van der Waals surface area contributed by atoms with Crippen molar-refractivity contribution in [2.24, 2.45) is 5.92 Å². The van der Waals surface area contributed by atoms with Crippen molar-refractivity contribution in [3.63, 3.8) is 0 Å². The largest absolute Gasteiger partial charge is 0.480 e. The number of ether oxygens (including phenoxy) is 2. The lowest BCUT2D eigenvalue weighted by atomic mass is 10.0. The fourth-order valence-corrected chi connectivity index (χ4v) is 3.28. The Balaban J connectivity index is 1.72. The molecular formula is C20H25N3O6. The van der Waals surface area contributed by atoms with Crippen molar-refractivity contribution in [2.75, 3.05) is 6.79 Å². The third-order valence-corrected chi connectivity index (χ3v) is 4.71. The summed E-state index contributed by atoms with van der Waals surface area (Å²) >= 11 is 0. The molecule has 1 aliphatic rings. The number of rotatable bonds is 10. The van der Waals surface area contributed by atoms with Crippen LogP contribution >= 0.6 is 0 Å². The van der Waals surface area contributed by atoms with Gasteiger partial charge in [0.1, 0.15) is 12.1 Å². The highest BCUT2D eigenvalue weighted by Gasteiger charge is 2.27. The lowest BCUT2D eigenvalue weighted by molar-refractivity contribution is -0.142. The first-order valence-electron chi connectivity index (χ1n) is 9.42. The van der Waals surface area contributed by atoms with Gasteiger partial charge in [0.2, 0.25) is 6.79 Å². The highest BCUT2D eigenvalue weighted by Crippen LogP contribution is 2.32. The molecule has 1 aromatic carbocycles. The van der Waals surface area contributed by atoms with E-state index < -0.39 is 24.0 Å². The second-order valence-electron chi connectivity index (χ2n) is 7.48. The van der Waals surface area contributed by atoms with Crippen molar-refractivity contribution in [3.8, 4) is 11.5 Å². The Kier molecular flexibility index (Phi) is 6.38. The van der Waals surface area contributed by atoms with Crippen LogP contribution < -0.4 is 14.8 Å². The first kappa shape index (κ1) is 20.7. The molecule has 2 aromatic rings. The van der Waals surface area contributed by atoms with E-state index in [1.54, 1.807) is 12.5 Å². The summed E-state index contributed by atoms with van der Waals surface area (Å²) in [5, 5.41) is 21.8. The van der Waals surface area contributed by atoms with Gasteiger partial charge >= 0.3 is 11.9 Å². The quantitative estimate of drug-likeness (QED) is 0.548. The van der Waals surface area contributed by atoms with Gasteiger partial charge in [-0.05, 0) is 30.0 Å². The molecule has 0 fully saturated rings. The number of carbonyl (C=O) groups is 2. The van der Waals surface area contributed by atoms with E-state index in [9.17, 15) is 19.8 Å². The summed E-state index contributed by atoms with van der Waals surface area (Å²) in [5.41, 5.74) is 1.65. The number of hydrogen-bond donors (Lipinski definition) is 3. The number of imidazole rings is 1. The number of nitrogens with one attached hydrogen (secondary N) is 1. The SMILES string of the molecule is CC(C)C[C@H](N[C@@H](Cc1cncn1Cc1ccc2c(c1)OCO2)C(=O)O)C(=O)O. The third kappa shape index (κ3) is 5.26. The van der Waals surface area contributed by atoms with Crippen LogP contribution in [-0.2, 0) is 22.6 Å². The lowest BCUT2D eigenvalue weighted by Gasteiger charge is -2.22. The standard InChI is InChI=1S/C20H25N3O6/c1-12(2)5-15(19(24)25)22-16(20(26)27)7-14-8-21-10-23(14)9-13-3-4-17-18(6-13)29-11-28-17/h3-4,6,8,10,12,15-16,22H,5,7,9,11H2,1-2H3,(H,24,25)(H,26,27)/t15-,16-/m0/s1. The summed E-state index contributed by atoms with van der Waals surface area (Å²) in [5.74, 6) is -0.670. The molecule has 9 nitrogen and oxygen atoms in total. The lowest BCUT2D eigenvalue weighted by Crippen LogP contribution is -2.49. The normalized spacial score (nSPS) is 14.7. The molecule has 3 rings (SSSR count). The Bertz CT molecular complexity index is 879. The molecule has 0 saturated carbocycles. The van der Waals surface area contributed by atoms with Crippen LogP contribution in [0.1, 0.15) is 31.5 Å². The summed E-state index contributed by atoms with van der Waals surface area (Å²) in [6, 6.07) is 3.65. The van der Waals surface area contributed by atoms with Crippen LogP contribution in [0.2, 0.25) is 0 Å². The predicted octanol–water partition coefficient (Wildman–Crippen LogP) is 1.74. The van der Waals surface area contributed by atoms with Gasteiger partial charge in [0.05, 0.1) is 6.33 Å². The minimum atomic E-state index is -1.10. The summed E-state index contributed by atoms with van der Waals surface area (Å²) in [7, 11) is 0. The zero-order valence-electron chi connectivity index (χ0n) is 16.4. The molecule has 0 amide bonds. The number of benzene rings is 1. The topological polar surface area (TPSA) is 123 Å². The molecule has 0 radical (unpaired) electrons. The highest BCUT2D eigenvalue weighted by molar-refractivity contribution is 5.77. The van der Waals surface area contributed by atoms with Gasteiger partial charge in [0.15, 0.2) is 11.5 Å². The maximum atomic E-state index is 11.8.